The summed E-state index contributed by atoms with van der Waals surface area (Å²) in [7, 11) is 0. The van der Waals surface area contributed by atoms with Gasteiger partial charge in [0.2, 0.25) is 11.8 Å². The number of benzene rings is 1. The van der Waals surface area contributed by atoms with E-state index < -0.39 is 6.43 Å². The Labute approximate surface area is 177 Å². The number of aromatic nitrogens is 3. The lowest BCUT2D eigenvalue weighted by atomic mass is 10.1. The Morgan fingerprint density at radius 3 is 2.93 bits per heavy atom. The fraction of sp³-hybridized carbons (Fsp3) is 0.381. The maximum Gasteiger partial charge on any atom is 0.280 e. The second-order valence-electron chi connectivity index (χ2n) is 7.35. The van der Waals surface area contributed by atoms with Crippen molar-refractivity contribution in [3.63, 3.8) is 0 Å². The molecule has 2 aromatic heterocycles. The van der Waals surface area contributed by atoms with Crippen molar-refractivity contribution in [3.8, 4) is 0 Å². The lowest BCUT2D eigenvalue weighted by molar-refractivity contribution is -0.133. The molecule has 0 bridgehead atoms. The normalized spacial score (nSPS) is 16.6. The maximum absolute atomic E-state index is 13.2. The molecule has 6 nitrogen and oxygen atoms in total. The van der Waals surface area contributed by atoms with Gasteiger partial charge in [-0.15, -0.1) is 0 Å². The highest BCUT2D eigenvalue weighted by Crippen LogP contribution is 2.33. The van der Waals surface area contributed by atoms with Gasteiger partial charge in [-0.25, -0.2) is 13.8 Å². The number of likely N-dealkylation sites (tertiary alicyclic amines) is 1. The van der Waals surface area contributed by atoms with Gasteiger partial charge in [0.15, 0.2) is 0 Å². The van der Waals surface area contributed by atoms with Crippen LogP contribution in [0.3, 0.4) is 0 Å². The first-order valence-corrected chi connectivity index (χ1v) is 10.1. The molecule has 1 amide bonds. The summed E-state index contributed by atoms with van der Waals surface area (Å²) >= 11 is 6.21. The number of carbonyl (C=O) groups is 1. The molecule has 3 heterocycles. The van der Waals surface area contributed by atoms with Crippen molar-refractivity contribution in [3.05, 3.63) is 70.2 Å². The number of alkyl halides is 2. The molecular weight excluding hydrogens is 414 g/mol. The Kier molecular flexibility index (Phi) is 5.85. The van der Waals surface area contributed by atoms with E-state index in [1.807, 2.05) is 24.3 Å². The van der Waals surface area contributed by atoms with E-state index in [1.54, 1.807) is 18.0 Å². The van der Waals surface area contributed by atoms with Crippen LogP contribution in [0.2, 0.25) is 5.02 Å². The van der Waals surface area contributed by atoms with Crippen molar-refractivity contribution in [2.45, 2.75) is 45.2 Å². The smallest absolute Gasteiger partial charge is 0.280 e. The predicted octanol–water partition coefficient (Wildman–Crippen LogP) is 4.73. The lowest BCUT2D eigenvalue weighted by Gasteiger charge is -2.22. The minimum Gasteiger partial charge on any atom is -0.443 e. The number of hydrogen-bond acceptors (Lipinski definition) is 4. The van der Waals surface area contributed by atoms with Crippen molar-refractivity contribution in [1.29, 1.82) is 0 Å². The molecule has 0 radical (unpaired) electrons. The van der Waals surface area contributed by atoms with Crippen LogP contribution in [0.4, 0.5) is 8.78 Å². The third kappa shape index (κ3) is 4.23. The topological polar surface area (TPSA) is 64.2 Å². The molecule has 30 heavy (non-hydrogen) atoms. The fourth-order valence-electron chi connectivity index (χ4n) is 3.80. The zero-order valence-corrected chi connectivity index (χ0v) is 17.1. The van der Waals surface area contributed by atoms with Crippen LogP contribution in [0.5, 0.6) is 0 Å². The van der Waals surface area contributed by atoms with E-state index in [4.69, 9.17) is 16.0 Å². The monoisotopic (exact) mass is 434 g/mol. The van der Waals surface area contributed by atoms with E-state index in [2.05, 4.69) is 10.1 Å². The average Bonchev–Trinajstić information content (AvgIpc) is 3.43. The molecule has 0 N–H and O–H groups in total. The van der Waals surface area contributed by atoms with Crippen LogP contribution in [0.25, 0.3) is 0 Å². The molecule has 1 saturated heterocycles. The summed E-state index contributed by atoms with van der Waals surface area (Å²) in [6, 6.07) is 8.48. The zero-order chi connectivity index (χ0) is 21.3. The van der Waals surface area contributed by atoms with Crippen LogP contribution in [0, 0.1) is 6.92 Å². The van der Waals surface area contributed by atoms with E-state index in [-0.39, 0.29) is 24.2 Å². The number of carbonyl (C=O) groups excluding carboxylic acids is 1. The number of aryl methyl sites for hydroxylation is 1. The van der Waals surface area contributed by atoms with Crippen molar-refractivity contribution < 1.29 is 18.0 Å². The Morgan fingerprint density at radius 2 is 2.17 bits per heavy atom. The number of amides is 1. The highest BCUT2D eigenvalue weighted by molar-refractivity contribution is 6.31. The Morgan fingerprint density at radius 1 is 1.37 bits per heavy atom. The number of oxazole rings is 1. The molecule has 0 unspecified atom stereocenters. The molecule has 4 rings (SSSR count). The first-order valence-electron chi connectivity index (χ1n) is 9.72. The van der Waals surface area contributed by atoms with Gasteiger partial charge in [-0.05, 0) is 37.5 Å². The van der Waals surface area contributed by atoms with Gasteiger partial charge in [0.1, 0.15) is 24.0 Å². The van der Waals surface area contributed by atoms with Crippen molar-refractivity contribution in [2.75, 3.05) is 6.54 Å². The summed E-state index contributed by atoms with van der Waals surface area (Å²) < 4.78 is 33.4. The van der Waals surface area contributed by atoms with Crippen LogP contribution >= 0.6 is 11.6 Å². The van der Waals surface area contributed by atoms with Crippen molar-refractivity contribution in [2.24, 2.45) is 0 Å². The van der Waals surface area contributed by atoms with Gasteiger partial charge >= 0.3 is 0 Å². The van der Waals surface area contributed by atoms with E-state index in [0.29, 0.717) is 41.8 Å². The minimum absolute atomic E-state index is 0.239. The molecule has 1 atom stereocenters. The number of halogens is 3. The van der Waals surface area contributed by atoms with Crippen LogP contribution in [-0.4, -0.2) is 32.1 Å². The van der Waals surface area contributed by atoms with Crippen LogP contribution in [0.1, 0.15) is 53.9 Å². The zero-order valence-electron chi connectivity index (χ0n) is 16.4. The van der Waals surface area contributed by atoms with E-state index >= 15 is 0 Å². The Balaban J connectivity index is 1.48. The second kappa shape index (κ2) is 8.55. The van der Waals surface area contributed by atoms with E-state index in [9.17, 15) is 13.6 Å². The Bertz CT molecular complexity index is 1050. The molecule has 1 fully saturated rings. The maximum atomic E-state index is 13.2. The van der Waals surface area contributed by atoms with Gasteiger partial charge < -0.3 is 9.32 Å². The molecule has 3 aromatic rings. The summed E-state index contributed by atoms with van der Waals surface area (Å²) in [6.45, 7) is 1.91. The molecule has 9 heteroatoms. The SMILES string of the molecule is Cc1cc(C(F)F)n(CC(=O)N2CCC[C@@H]2c2ncc(Cc3ccccc3Cl)o2)n1. The molecule has 0 spiro atoms. The third-order valence-corrected chi connectivity index (χ3v) is 5.56. The van der Waals surface area contributed by atoms with Gasteiger partial charge in [0.25, 0.3) is 6.43 Å². The first kappa shape index (κ1) is 20.5. The highest BCUT2D eigenvalue weighted by Gasteiger charge is 2.34. The second-order valence-corrected chi connectivity index (χ2v) is 7.75. The molecular formula is C21H21ClF2N4O2. The number of nitrogens with zero attached hydrogens (tertiary/aromatic N) is 4. The average molecular weight is 435 g/mol. The quantitative estimate of drug-likeness (QED) is 0.563. The van der Waals surface area contributed by atoms with Crippen LogP contribution < -0.4 is 0 Å². The van der Waals surface area contributed by atoms with Crippen LogP contribution in [0.15, 0.2) is 40.9 Å². The molecule has 158 valence electrons. The number of rotatable bonds is 6. The Hall–Kier alpha value is -2.74. The summed E-state index contributed by atoms with van der Waals surface area (Å²) in [5.74, 6) is 0.821. The molecule has 1 aliphatic heterocycles. The molecule has 1 aromatic carbocycles. The van der Waals surface area contributed by atoms with Gasteiger partial charge in [0, 0.05) is 18.0 Å². The molecule has 1 aliphatic rings. The summed E-state index contributed by atoms with van der Waals surface area (Å²) in [4.78, 5) is 18.9. The summed E-state index contributed by atoms with van der Waals surface area (Å²) in [6.07, 6.45) is 0.951. The molecule has 0 saturated carbocycles. The van der Waals surface area contributed by atoms with E-state index in [1.165, 1.54) is 6.07 Å². The van der Waals surface area contributed by atoms with Crippen LogP contribution in [-0.2, 0) is 17.8 Å². The van der Waals surface area contributed by atoms with Gasteiger partial charge in [-0.3, -0.25) is 9.48 Å². The first-order chi connectivity index (χ1) is 14.4. The van der Waals surface area contributed by atoms with Gasteiger partial charge in [0.05, 0.1) is 11.9 Å². The summed E-state index contributed by atoms with van der Waals surface area (Å²) in [5, 5.41) is 4.69. The summed E-state index contributed by atoms with van der Waals surface area (Å²) in [5.41, 5.74) is 1.12. The lowest BCUT2D eigenvalue weighted by Crippen LogP contribution is -2.34. The third-order valence-electron chi connectivity index (χ3n) is 5.19. The number of hydrogen-bond donors (Lipinski definition) is 0. The van der Waals surface area contributed by atoms with Gasteiger partial charge in [-0.1, -0.05) is 29.8 Å². The standard InChI is InChI=1S/C21H21ClF2N4O2/c1-13-9-18(20(23)24)28(26-13)12-19(29)27-8-4-7-17(27)21-25-11-15(30-21)10-14-5-2-3-6-16(14)22/h2-3,5-6,9,11,17,20H,4,7-8,10,12H2,1H3/t17-/m1/s1. The fourth-order valence-corrected chi connectivity index (χ4v) is 4.00. The van der Waals surface area contributed by atoms with Crippen molar-refractivity contribution in [1.82, 2.24) is 19.7 Å². The van der Waals surface area contributed by atoms with Crippen molar-refractivity contribution >= 4 is 17.5 Å². The largest absolute Gasteiger partial charge is 0.443 e. The highest BCUT2D eigenvalue weighted by atomic mass is 35.5. The minimum atomic E-state index is -2.69. The molecule has 0 aliphatic carbocycles. The van der Waals surface area contributed by atoms with Gasteiger partial charge in [-0.2, -0.15) is 5.10 Å². The predicted molar refractivity (Wildman–Crippen MR) is 106 cm³/mol. The van der Waals surface area contributed by atoms with E-state index in [0.717, 1.165) is 16.7 Å².